The first kappa shape index (κ1) is 10.2. The molecule has 0 saturated heterocycles. The largest absolute Gasteiger partial charge is 0.394 e. The van der Waals surface area contributed by atoms with Crippen molar-refractivity contribution in [3.8, 4) is 0 Å². The first-order chi connectivity index (χ1) is 6.27. The average Bonchev–Trinajstić information content (AvgIpc) is 2.66. The van der Waals surface area contributed by atoms with Crippen LogP contribution in [0, 0.1) is 0 Å². The summed E-state index contributed by atoms with van der Waals surface area (Å²) in [6.45, 7) is -0.513. The number of amides is 1. The van der Waals surface area contributed by atoms with Gasteiger partial charge in [0.05, 0.1) is 24.1 Å². The lowest BCUT2D eigenvalue weighted by Crippen LogP contribution is -2.39. The molecule has 1 aromatic rings. The molecule has 1 aromatic heterocycles. The van der Waals surface area contributed by atoms with Gasteiger partial charge in [-0.05, 0) is 11.4 Å². The number of hydrogen-bond acceptors (Lipinski definition) is 4. The Balaban J connectivity index is 2.50. The zero-order chi connectivity index (χ0) is 9.68. The van der Waals surface area contributed by atoms with Crippen molar-refractivity contribution in [2.24, 2.45) is 0 Å². The Morgan fingerprint density at radius 3 is 2.69 bits per heavy atom. The Bertz CT molecular complexity index is 256. The summed E-state index contributed by atoms with van der Waals surface area (Å²) in [4.78, 5) is 11.9. The van der Waals surface area contributed by atoms with Gasteiger partial charge in [-0.1, -0.05) is 6.07 Å². The molecule has 0 radical (unpaired) electrons. The van der Waals surface area contributed by atoms with Crippen LogP contribution in [0.1, 0.15) is 9.67 Å². The van der Waals surface area contributed by atoms with Crippen molar-refractivity contribution in [2.75, 3.05) is 13.2 Å². The molecule has 3 N–H and O–H groups in total. The number of carbonyl (C=O) groups excluding carboxylic acids is 1. The van der Waals surface area contributed by atoms with Gasteiger partial charge in [0.15, 0.2) is 0 Å². The van der Waals surface area contributed by atoms with E-state index >= 15 is 0 Å². The van der Waals surface area contributed by atoms with Gasteiger partial charge in [-0.2, -0.15) is 0 Å². The van der Waals surface area contributed by atoms with E-state index in [-0.39, 0.29) is 19.1 Å². The van der Waals surface area contributed by atoms with E-state index in [1.807, 2.05) is 0 Å². The molecule has 1 heterocycles. The molecule has 4 nitrogen and oxygen atoms in total. The van der Waals surface area contributed by atoms with Gasteiger partial charge in [-0.25, -0.2) is 0 Å². The number of aliphatic hydroxyl groups is 2. The average molecular weight is 201 g/mol. The second-order valence-electron chi connectivity index (χ2n) is 2.51. The van der Waals surface area contributed by atoms with Gasteiger partial charge in [0, 0.05) is 0 Å². The molecule has 0 fully saturated rings. The van der Waals surface area contributed by atoms with E-state index < -0.39 is 6.04 Å². The van der Waals surface area contributed by atoms with Gasteiger partial charge in [0.1, 0.15) is 0 Å². The molecule has 0 aromatic carbocycles. The molecular weight excluding hydrogens is 190 g/mol. The lowest BCUT2D eigenvalue weighted by atomic mass is 10.3. The summed E-state index contributed by atoms with van der Waals surface area (Å²) in [5, 5.41) is 21.7. The van der Waals surface area contributed by atoms with Crippen LogP contribution in [-0.4, -0.2) is 35.4 Å². The Labute approximate surface area is 79.8 Å². The smallest absolute Gasteiger partial charge is 0.261 e. The van der Waals surface area contributed by atoms with E-state index in [1.165, 1.54) is 11.3 Å². The van der Waals surface area contributed by atoms with Gasteiger partial charge in [0.2, 0.25) is 0 Å². The summed E-state index contributed by atoms with van der Waals surface area (Å²) in [6.07, 6.45) is 0. The fourth-order valence-electron chi connectivity index (χ4n) is 0.813. The summed E-state index contributed by atoms with van der Waals surface area (Å²) >= 11 is 1.32. The molecule has 0 aliphatic rings. The molecule has 1 rings (SSSR count). The highest BCUT2D eigenvalue weighted by Gasteiger charge is 2.11. The lowest BCUT2D eigenvalue weighted by Gasteiger charge is -2.11. The van der Waals surface area contributed by atoms with Gasteiger partial charge in [-0.15, -0.1) is 11.3 Å². The van der Waals surface area contributed by atoms with E-state index in [4.69, 9.17) is 10.2 Å². The first-order valence-electron chi connectivity index (χ1n) is 3.84. The molecule has 0 saturated carbocycles. The van der Waals surface area contributed by atoms with E-state index in [2.05, 4.69) is 5.32 Å². The summed E-state index contributed by atoms with van der Waals surface area (Å²) in [5.41, 5.74) is 0. The number of carbonyl (C=O) groups is 1. The van der Waals surface area contributed by atoms with Crippen LogP contribution in [0.3, 0.4) is 0 Å². The molecule has 5 heteroatoms. The fourth-order valence-corrected chi connectivity index (χ4v) is 1.44. The van der Waals surface area contributed by atoms with Crippen LogP contribution in [0.4, 0.5) is 0 Å². The highest BCUT2D eigenvalue weighted by molar-refractivity contribution is 7.12. The Morgan fingerprint density at radius 2 is 2.23 bits per heavy atom. The summed E-state index contributed by atoms with van der Waals surface area (Å²) in [6, 6.07) is 2.88. The molecule has 72 valence electrons. The van der Waals surface area contributed by atoms with Crippen LogP contribution >= 0.6 is 11.3 Å². The predicted molar refractivity (Wildman–Crippen MR) is 49.7 cm³/mol. The molecule has 0 aliphatic heterocycles. The molecule has 0 spiro atoms. The second kappa shape index (κ2) is 4.96. The van der Waals surface area contributed by atoms with E-state index in [0.29, 0.717) is 4.88 Å². The minimum absolute atomic E-state index is 0.256. The van der Waals surface area contributed by atoms with Gasteiger partial charge >= 0.3 is 0 Å². The van der Waals surface area contributed by atoms with E-state index in [1.54, 1.807) is 17.5 Å². The standard InChI is InChI=1S/C8H11NO3S/c10-4-6(5-11)9-8(12)7-2-1-3-13-7/h1-3,6,10-11H,4-5H2,(H,9,12). The van der Waals surface area contributed by atoms with Crippen molar-refractivity contribution in [1.82, 2.24) is 5.32 Å². The minimum Gasteiger partial charge on any atom is -0.394 e. The first-order valence-corrected chi connectivity index (χ1v) is 4.72. The number of aliphatic hydroxyl groups excluding tert-OH is 2. The van der Waals surface area contributed by atoms with Gasteiger partial charge in [-0.3, -0.25) is 4.79 Å². The van der Waals surface area contributed by atoms with Crippen molar-refractivity contribution in [3.05, 3.63) is 22.4 Å². The Kier molecular flexibility index (Phi) is 3.88. The second-order valence-corrected chi connectivity index (χ2v) is 3.46. The third-order valence-electron chi connectivity index (χ3n) is 1.52. The summed E-state index contributed by atoms with van der Waals surface area (Å²) in [5.74, 6) is -0.261. The molecule has 13 heavy (non-hydrogen) atoms. The number of rotatable bonds is 4. The SMILES string of the molecule is O=C(NC(CO)CO)c1cccs1. The molecule has 0 aliphatic carbocycles. The lowest BCUT2D eigenvalue weighted by molar-refractivity contribution is 0.0883. The Hall–Kier alpha value is -0.910. The van der Waals surface area contributed by atoms with Crippen LogP contribution in [0.5, 0.6) is 0 Å². The van der Waals surface area contributed by atoms with E-state index in [9.17, 15) is 4.79 Å². The third-order valence-corrected chi connectivity index (χ3v) is 2.39. The molecule has 0 atom stereocenters. The van der Waals surface area contributed by atoms with Crippen LogP contribution in [0.2, 0.25) is 0 Å². The highest BCUT2D eigenvalue weighted by Crippen LogP contribution is 2.07. The highest BCUT2D eigenvalue weighted by atomic mass is 32.1. The van der Waals surface area contributed by atoms with Crippen molar-refractivity contribution in [3.63, 3.8) is 0 Å². The van der Waals surface area contributed by atoms with Crippen molar-refractivity contribution in [2.45, 2.75) is 6.04 Å². The number of nitrogens with one attached hydrogen (secondary N) is 1. The molecule has 0 bridgehead atoms. The maximum atomic E-state index is 11.3. The third kappa shape index (κ3) is 2.80. The monoisotopic (exact) mass is 201 g/mol. The van der Waals surface area contributed by atoms with Gasteiger partial charge < -0.3 is 15.5 Å². The normalized spacial score (nSPS) is 10.4. The maximum absolute atomic E-state index is 11.3. The zero-order valence-corrected chi connectivity index (χ0v) is 7.75. The predicted octanol–water partition coefficient (Wildman–Crippen LogP) is -0.169. The topological polar surface area (TPSA) is 69.6 Å². The number of thiophene rings is 1. The summed E-state index contributed by atoms with van der Waals surface area (Å²) in [7, 11) is 0. The molecule has 1 amide bonds. The zero-order valence-electron chi connectivity index (χ0n) is 6.93. The fraction of sp³-hybridized carbons (Fsp3) is 0.375. The van der Waals surface area contributed by atoms with Crippen LogP contribution in [0.15, 0.2) is 17.5 Å². The molecular formula is C8H11NO3S. The van der Waals surface area contributed by atoms with Gasteiger partial charge in [0.25, 0.3) is 5.91 Å². The van der Waals surface area contributed by atoms with Crippen LogP contribution < -0.4 is 5.32 Å². The number of hydrogen-bond donors (Lipinski definition) is 3. The minimum atomic E-state index is -0.574. The Morgan fingerprint density at radius 1 is 1.54 bits per heavy atom. The van der Waals surface area contributed by atoms with Crippen LogP contribution in [0.25, 0.3) is 0 Å². The summed E-state index contributed by atoms with van der Waals surface area (Å²) < 4.78 is 0. The molecule has 0 unspecified atom stereocenters. The quantitative estimate of drug-likeness (QED) is 0.633. The van der Waals surface area contributed by atoms with Crippen molar-refractivity contribution >= 4 is 17.2 Å². The van der Waals surface area contributed by atoms with E-state index in [0.717, 1.165) is 0 Å². The van der Waals surface area contributed by atoms with Crippen molar-refractivity contribution < 1.29 is 15.0 Å². The van der Waals surface area contributed by atoms with Crippen molar-refractivity contribution in [1.29, 1.82) is 0 Å². The maximum Gasteiger partial charge on any atom is 0.261 e. The van der Waals surface area contributed by atoms with Crippen LogP contribution in [-0.2, 0) is 0 Å².